The van der Waals surface area contributed by atoms with Crippen LogP contribution in [0.25, 0.3) is 0 Å². The third-order valence-corrected chi connectivity index (χ3v) is 3.65. The molecule has 0 fully saturated rings. The average molecular weight is 266 g/mol. The minimum absolute atomic E-state index is 0.153. The zero-order chi connectivity index (χ0) is 14.3. The van der Waals surface area contributed by atoms with Crippen molar-refractivity contribution in [3.8, 4) is 0 Å². The second-order valence-corrected chi connectivity index (χ2v) is 5.28. The van der Waals surface area contributed by atoms with E-state index in [0.29, 0.717) is 13.1 Å². The second kappa shape index (κ2) is 7.34. The Labute approximate surface area is 116 Å². The van der Waals surface area contributed by atoms with Gasteiger partial charge in [0.05, 0.1) is 17.9 Å². The van der Waals surface area contributed by atoms with E-state index in [2.05, 4.69) is 13.8 Å². The molecule has 4 nitrogen and oxygen atoms in total. The van der Waals surface area contributed by atoms with Gasteiger partial charge in [-0.25, -0.2) is 0 Å². The molecule has 0 saturated carbocycles. The van der Waals surface area contributed by atoms with Crippen molar-refractivity contribution in [1.29, 1.82) is 0 Å². The van der Waals surface area contributed by atoms with Crippen LogP contribution < -0.4 is 5.73 Å². The first kappa shape index (κ1) is 15.8. The largest absolute Gasteiger partial charge is 0.472 e. The smallest absolute Gasteiger partial charge is 0.230 e. The standard InChI is InChI=1S/C15H26N2O2/c1-4-7-15(12-16,8-5-2)14(18)17(3)10-13-6-9-19-11-13/h6,9,11H,4-5,7-8,10,12,16H2,1-3H3. The van der Waals surface area contributed by atoms with Gasteiger partial charge in [0.2, 0.25) is 5.91 Å². The Bertz CT molecular complexity index is 368. The molecule has 1 heterocycles. The molecule has 0 unspecified atom stereocenters. The Kier molecular flexibility index (Phi) is 6.09. The van der Waals surface area contributed by atoms with Gasteiger partial charge in [-0.1, -0.05) is 26.7 Å². The fourth-order valence-electron chi connectivity index (χ4n) is 2.72. The summed E-state index contributed by atoms with van der Waals surface area (Å²) in [6.07, 6.45) is 6.96. The first-order valence-corrected chi connectivity index (χ1v) is 7.06. The Morgan fingerprint density at radius 3 is 2.42 bits per heavy atom. The number of hydrogen-bond acceptors (Lipinski definition) is 3. The fraction of sp³-hybridized carbons (Fsp3) is 0.667. The molecule has 2 N–H and O–H groups in total. The molecule has 0 bridgehead atoms. The van der Waals surface area contributed by atoms with E-state index < -0.39 is 5.41 Å². The summed E-state index contributed by atoms with van der Waals surface area (Å²) in [5.41, 5.74) is 6.53. The number of furan rings is 1. The molecule has 19 heavy (non-hydrogen) atoms. The lowest BCUT2D eigenvalue weighted by Crippen LogP contribution is -2.46. The van der Waals surface area contributed by atoms with Crippen molar-refractivity contribution in [2.45, 2.75) is 46.1 Å². The van der Waals surface area contributed by atoms with Crippen LogP contribution in [-0.2, 0) is 11.3 Å². The third-order valence-electron chi connectivity index (χ3n) is 3.65. The van der Waals surface area contributed by atoms with Crippen LogP contribution in [0, 0.1) is 5.41 Å². The van der Waals surface area contributed by atoms with Gasteiger partial charge in [0.25, 0.3) is 0 Å². The molecule has 0 aromatic carbocycles. The highest BCUT2D eigenvalue weighted by atomic mass is 16.3. The number of hydrogen-bond donors (Lipinski definition) is 1. The van der Waals surface area contributed by atoms with Crippen LogP contribution >= 0.6 is 0 Å². The molecule has 0 aliphatic carbocycles. The van der Waals surface area contributed by atoms with Crippen molar-refractivity contribution in [3.05, 3.63) is 24.2 Å². The SMILES string of the molecule is CCCC(CN)(CCC)C(=O)N(C)Cc1ccoc1. The van der Waals surface area contributed by atoms with Crippen molar-refractivity contribution < 1.29 is 9.21 Å². The minimum atomic E-state index is -0.401. The summed E-state index contributed by atoms with van der Waals surface area (Å²) >= 11 is 0. The summed E-state index contributed by atoms with van der Waals surface area (Å²) in [5.74, 6) is 0.153. The van der Waals surface area contributed by atoms with Crippen molar-refractivity contribution in [3.63, 3.8) is 0 Å². The highest BCUT2D eigenvalue weighted by Gasteiger charge is 2.37. The highest BCUT2D eigenvalue weighted by molar-refractivity contribution is 5.82. The predicted octanol–water partition coefficient (Wildman–Crippen LogP) is 2.78. The van der Waals surface area contributed by atoms with Crippen LogP contribution in [0.5, 0.6) is 0 Å². The lowest BCUT2D eigenvalue weighted by atomic mass is 9.78. The molecule has 1 aromatic heterocycles. The normalized spacial score (nSPS) is 11.6. The van der Waals surface area contributed by atoms with Gasteiger partial charge in [0.1, 0.15) is 0 Å². The average Bonchev–Trinajstić information content (AvgIpc) is 2.90. The zero-order valence-electron chi connectivity index (χ0n) is 12.3. The van der Waals surface area contributed by atoms with Gasteiger partial charge in [-0.15, -0.1) is 0 Å². The second-order valence-electron chi connectivity index (χ2n) is 5.28. The summed E-state index contributed by atoms with van der Waals surface area (Å²) in [5, 5.41) is 0. The Hall–Kier alpha value is -1.29. The van der Waals surface area contributed by atoms with Gasteiger partial charge in [-0.05, 0) is 18.9 Å². The van der Waals surface area contributed by atoms with Crippen LogP contribution in [0.15, 0.2) is 23.0 Å². The van der Waals surface area contributed by atoms with E-state index in [9.17, 15) is 4.79 Å². The van der Waals surface area contributed by atoms with Gasteiger partial charge >= 0.3 is 0 Å². The van der Waals surface area contributed by atoms with Gasteiger partial charge in [-0.3, -0.25) is 4.79 Å². The fourth-order valence-corrected chi connectivity index (χ4v) is 2.72. The molecule has 1 amide bonds. The highest BCUT2D eigenvalue weighted by Crippen LogP contribution is 2.31. The molecule has 0 saturated heterocycles. The molecule has 0 aliphatic heterocycles. The number of carbonyl (C=O) groups excluding carboxylic acids is 1. The van der Waals surface area contributed by atoms with Crippen LogP contribution in [0.1, 0.15) is 45.1 Å². The molecular formula is C15H26N2O2. The van der Waals surface area contributed by atoms with Crippen LogP contribution in [-0.4, -0.2) is 24.4 Å². The summed E-state index contributed by atoms with van der Waals surface area (Å²) in [6, 6.07) is 1.88. The first-order valence-electron chi connectivity index (χ1n) is 7.06. The number of carbonyl (C=O) groups is 1. The van der Waals surface area contributed by atoms with E-state index in [1.54, 1.807) is 17.4 Å². The summed E-state index contributed by atoms with van der Waals surface area (Å²) in [6.45, 7) is 5.20. The number of nitrogens with zero attached hydrogens (tertiary/aromatic N) is 1. The lowest BCUT2D eigenvalue weighted by molar-refractivity contribution is -0.142. The molecule has 1 aromatic rings. The van der Waals surface area contributed by atoms with Crippen molar-refractivity contribution in [2.75, 3.05) is 13.6 Å². The summed E-state index contributed by atoms with van der Waals surface area (Å²) in [7, 11) is 1.84. The quantitative estimate of drug-likeness (QED) is 0.787. The van der Waals surface area contributed by atoms with Crippen molar-refractivity contribution >= 4 is 5.91 Å². The Morgan fingerprint density at radius 1 is 1.37 bits per heavy atom. The van der Waals surface area contributed by atoms with Gasteiger partial charge < -0.3 is 15.1 Å². The minimum Gasteiger partial charge on any atom is -0.472 e. The molecule has 0 atom stereocenters. The zero-order valence-corrected chi connectivity index (χ0v) is 12.3. The van der Waals surface area contributed by atoms with E-state index in [4.69, 9.17) is 10.2 Å². The van der Waals surface area contributed by atoms with Gasteiger partial charge in [0.15, 0.2) is 0 Å². The van der Waals surface area contributed by atoms with Gasteiger partial charge in [-0.2, -0.15) is 0 Å². The third kappa shape index (κ3) is 3.83. The van der Waals surface area contributed by atoms with E-state index in [1.807, 2.05) is 13.1 Å². The first-order chi connectivity index (χ1) is 9.09. The van der Waals surface area contributed by atoms with Crippen LogP contribution in [0.3, 0.4) is 0 Å². The number of nitrogens with two attached hydrogens (primary N) is 1. The number of amides is 1. The molecule has 108 valence electrons. The van der Waals surface area contributed by atoms with E-state index in [0.717, 1.165) is 31.2 Å². The van der Waals surface area contributed by atoms with Crippen LogP contribution in [0.2, 0.25) is 0 Å². The monoisotopic (exact) mass is 266 g/mol. The van der Waals surface area contributed by atoms with E-state index >= 15 is 0 Å². The maximum absolute atomic E-state index is 12.7. The molecule has 0 aliphatic rings. The van der Waals surface area contributed by atoms with Crippen molar-refractivity contribution in [2.24, 2.45) is 11.1 Å². The molecule has 0 spiro atoms. The van der Waals surface area contributed by atoms with E-state index in [-0.39, 0.29) is 5.91 Å². The van der Waals surface area contributed by atoms with Crippen molar-refractivity contribution in [1.82, 2.24) is 4.90 Å². The topological polar surface area (TPSA) is 59.5 Å². The predicted molar refractivity (Wildman–Crippen MR) is 76.5 cm³/mol. The van der Waals surface area contributed by atoms with Crippen LogP contribution in [0.4, 0.5) is 0 Å². The molecule has 1 rings (SSSR count). The summed E-state index contributed by atoms with van der Waals surface area (Å²) < 4.78 is 5.04. The molecule has 4 heteroatoms. The molecule has 0 radical (unpaired) electrons. The lowest BCUT2D eigenvalue weighted by Gasteiger charge is -2.34. The summed E-state index contributed by atoms with van der Waals surface area (Å²) in [4.78, 5) is 14.5. The number of rotatable bonds is 8. The molecular weight excluding hydrogens is 240 g/mol. The van der Waals surface area contributed by atoms with Gasteiger partial charge in [0, 0.05) is 25.7 Å². The van der Waals surface area contributed by atoms with E-state index in [1.165, 1.54) is 0 Å². The Balaban J connectivity index is 2.79. The maximum Gasteiger partial charge on any atom is 0.230 e. The maximum atomic E-state index is 12.7. The Morgan fingerprint density at radius 2 is 2.00 bits per heavy atom.